The summed E-state index contributed by atoms with van der Waals surface area (Å²) in [6.45, 7) is 5.94. The molecule has 0 bridgehead atoms. The van der Waals surface area contributed by atoms with E-state index in [4.69, 9.17) is 9.47 Å². The maximum atomic E-state index is 11.6. The number of rotatable bonds is 9. The van der Waals surface area contributed by atoms with Gasteiger partial charge in [0.2, 0.25) is 0 Å². The van der Waals surface area contributed by atoms with Crippen molar-refractivity contribution in [1.82, 2.24) is 10.6 Å². The van der Waals surface area contributed by atoms with Crippen LogP contribution in [0.4, 0.5) is 0 Å². The molecule has 1 fully saturated rings. The number of methoxy groups -OCH3 is 1. The smallest absolute Gasteiger partial charge is 0.191 e. The van der Waals surface area contributed by atoms with E-state index in [1.807, 2.05) is 32.0 Å². The highest BCUT2D eigenvalue weighted by Gasteiger charge is 2.28. The van der Waals surface area contributed by atoms with E-state index in [2.05, 4.69) is 15.6 Å². The second-order valence-corrected chi connectivity index (χ2v) is 8.76. The third-order valence-electron chi connectivity index (χ3n) is 4.34. The third kappa shape index (κ3) is 8.02. The minimum atomic E-state index is -2.90. The van der Waals surface area contributed by atoms with Gasteiger partial charge in [0.25, 0.3) is 0 Å². The Labute approximate surface area is 185 Å². The molecule has 9 heteroatoms. The van der Waals surface area contributed by atoms with E-state index in [1.54, 1.807) is 7.11 Å². The zero-order valence-corrected chi connectivity index (χ0v) is 20.0. The van der Waals surface area contributed by atoms with Gasteiger partial charge >= 0.3 is 0 Å². The van der Waals surface area contributed by atoms with Crippen molar-refractivity contribution in [3.05, 3.63) is 23.8 Å². The van der Waals surface area contributed by atoms with Crippen LogP contribution in [-0.4, -0.2) is 58.7 Å². The second-order valence-electron chi connectivity index (χ2n) is 6.53. The Morgan fingerprint density at radius 2 is 2.07 bits per heavy atom. The molecule has 1 aliphatic rings. The minimum Gasteiger partial charge on any atom is -0.493 e. The van der Waals surface area contributed by atoms with E-state index in [1.165, 1.54) is 5.56 Å². The van der Waals surface area contributed by atoms with E-state index >= 15 is 0 Å². The van der Waals surface area contributed by atoms with Crippen molar-refractivity contribution in [2.75, 3.05) is 38.3 Å². The lowest BCUT2D eigenvalue weighted by Crippen LogP contribution is -2.44. The van der Waals surface area contributed by atoms with Crippen molar-refractivity contribution < 1.29 is 17.9 Å². The fourth-order valence-corrected chi connectivity index (χ4v) is 4.71. The number of halogens is 1. The predicted octanol–water partition coefficient (Wildman–Crippen LogP) is 2.39. The van der Waals surface area contributed by atoms with Crippen LogP contribution in [-0.2, 0) is 16.3 Å². The van der Waals surface area contributed by atoms with Crippen LogP contribution in [0, 0.1) is 0 Å². The normalized spacial score (nSPS) is 18.2. The number of nitrogens with one attached hydrogen (secondary N) is 2. The molecule has 1 atom stereocenters. The molecule has 1 aromatic carbocycles. The van der Waals surface area contributed by atoms with E-state index in [0.717, 1.165) is 30.9 Å². The van der Waals surface area contributed by atoms with E-state index in [9.17, 15) is 8.42 Å². The van der Waals surface area contributed by atoms with Gasteiger partial charge in [0.15, 0.2) is 27.3 Å². The summed E-state index contributed by atoms with van der Waals surface area (Å²) in [7, 11) is -1.26. The molecular formula is C19H32IN3O4S. The zero-order chi connectivity index (χ0) is 19.7. The highest BCUT2D eigenvalue weighted by Crippen LogP contribution is 2.28. The van der Waals surface area contributed by atoms with Crippen LogP contribution in [0.5, 0.6) is 11.5 Å². The molecule has 1 heterocycles. The van der Waals surface area contributed by atoms with Gasteiger partial charge in [0.05, 0.1) is 25.2 Å². The van der Waals surface area contributed by atoms with Gasteiger partial charge in [-0.1, -0.05) is 6.07 Å². The zero-order valence-electron chi connectivity index (χ0n) is 16.9. The molecule has 0 aliphatic carbocycles. The maximum absolute atomic E-state index is 11.6. The quantitative estimate of drug-likeness (QED) is 0.223. The molecule has 0 amide bonds. The largest absolute Gasteiger partial charge is 0.493 e. The molecular weight excluding hydrogens is 493 g/mol. The second kappa shape index (κ2) is 12.4. The number of hydrogen-bond donors (Lipinski definition) is 2. The van der Waals surface area contributed by atoms with Crippen LogP contribution in [0.25, 0.3) is 0 Å². The molecule has 0 saturated carbocycles. The van der Waals surface area contributed by atoms with Gasteiger partial charge in [-0.3, -0.25) is 4.99 Å². The van der Waals surface area contributed by atoms with Crippen molar-refractivity contribution in [3.63, 3.8) is 0 Å². The maximum Gasteiger partial charge on any atom is 0.191 e. The number of hydrogen-bond acceptors (Lipinski definition) is 5. The summed E-state index contributed by atoms with van der Waals surface area (Å²) >= 11 is 0. The van der Waals surface area contributed by atoms with Crippen molar-refractivity contribution in [2.45, 2.75) is 39.2 Å². The first-order valence-electron chi connectivity index (χ1n) is 9.52. The summed E-state index contributed by atoms with van der Waals surface area (Å²) in [6.07, 6.45) is 2.40. The van der Waals surface area contributed by atoms with Crippen LogP contribution in [0.1, 0.15) is 32.3 Å². The Balaban J connectivity index is 0.00000392. The Morgan fingerprint density at radius 1 is 1.29 bits per heavy atom. The number of benzene rings is 1. The number of nitrogens with zero attached hydrogens (tertiary/aromatic N) is 1. The summed E-state index contributed by atoms with van der Waals surface area (Å²) in [5.41, 5.74) is 1.18. The van der Waals surface area contributed by atoms with E-state index in [-0.39, 0.29) is 41.5 Å². The first-order valence-corrected chi connectivity index (χ1v) is 11.3. The molecule has 0 spiro atoms. The number of aryl methyl sites for hydroxylation is 1. The van der Waals surface area contributed by atoms with Gasteiger partial charge in [-0.05, 0) is 50.8 Å². The fourth-order valence-electron chi connectivity index (χ4n) is 3.04. The van der Waals surface area contributed by atoms with E-state index in [0.29, 0.717) is 25.5 Å². The predicted molar refractivity (Wildman–Crippen MR) is 124 cm³/mol. The number of ether oxygens (including phenoxy) is 2. The van der Waals surface area contributed by atoms with Crippen LogP contribution in [0.3, 0.4) is 0 Å². The van der Waals surface area contributed by atoms with Crippen LogP contribution >= 0.6 is 24.0 Å². The third-order valence-corrected chi connectivity index (χ3v) is 6.11. The number of guanidine groups is 1. The SMILES string of the molecule is CCNC(=NCCCc1ccc(OC)c(OCC)c1)NC1CCS(=O)(=O)C1.I. The molecule has 2 N–H and O–H groups in total. The van der Waals surface area contributed by atoms with Gasteiger partial charge in [-0.2, -0.15) is 0 Å². The van der Waals surface area contributed by atoms with Gasteiger partial charge < -0.3 is 20.1 Å². The monoisotopic (exact) mass is 525 g/mol. The standard InChI is InChI=1S/C19H31N3O4S.HI/c1-4-20-19(22-16-10-12-27(23,24)14-16)21-11-6-7-15-8-9-17(25-3)18(13-15)26-5-2;/h8-9,13,16H,4-7,10-12,14H2,1-3H3,(H2,20,21,22);1H. The van der Waals surface area contributed by atoms with Crippen molar-refractivity contribution >= 4 is 39.8 Å². The average molecular weight is 525 g/mol. The molecule has 2 rings (SSSR count). The molecule has 0 aromatic heterocycles. The first kappa shape index (κ1) is 24.8. The number of aliphatic imine (C=N–C) groups is 1. The fraction of sp³-hybridized carbons (Fsp3) is 0.632. The molecule has 28 heavy (non-hydrogen) atoms. The Bertz CT molecular complexity index is 741. The molecule has 160 valence electrons. The molecule has 1 aliphatic heterocycles. The van der Waals surface area contributed by atoms with Crippen molar-refractivity contribution in [2.24, 2.45) is 4.99 Å². The van der Waals surface area contributed by atoms with Crippen molar-refractivity contribution in [3.8, 4) is 11.5 Å². The van der Waals surface area contributed by atoms with Gasteiger partial charge in [-0.15, -0.1) is 24.0 Å². The molecule has 0 radical (unpaired) electrons. The first-order chi connectivity index (χ1) is 13.0. The van der Waals surface area contributed by atoms with Crippen LogP contribution < -0.4 is 20.1 Å². The van der Waals surface area contributed by atoms with E-state index < -0.39 is 9.84 Å². The Morgan fingerprint density at radius 3 is 2.68 bits per heavy atom. The number of sulfone groups is 1. The van der Waals surface area contributed by atoms with Gasteiger partial charge in [0, 0.05) is 19.1 Å². The van der Waals surface area contributed by atoms with Crippen LogP contribution in [0.15, 0.2) is 23.2 Å². The Kier molecular flexibility index (Phi) is 10.9. The summed E-state index contributed by atoms with van der Waals surface area (Å²) in [4.78, 5) is 4.58. The highest BCUT2D eigenvalue weighted by molar-refractivity contribution is 14.0. The summed E-state index contributed by atoms with van der Waals surface area (Å²) < 4.78 is 34.1. The molecule has 7 nitrogen and oxygen atoms in total. The molecule has 1 aromatic rings. The lowest BCUT2D eigenvalue weighted by atomic mass is 10.1. The lowest BCUT2D eigenvalue weighted by Gasteiger charge is -2.15. The average Bonchev–Trinajstić information content (AvgIpc) is 2.98. The summed E-state index contributed by atoms with van der Waals surface area (Å²) in [5, 5.41) is 6.42. The minimum absolute atomic E-state index is 0. The summed E-state index contributed by atoms with van der Waals surface area (Å²) in [5.74, 6) is 2.62. The molecule has 1 saturated heterocycles. The van der Waals surface area contributed by atoms with Crippen molar-refractivity contribution in [1.29, 1.82) is 0 Å². The Hall–Kier alpha value is -1.23. The van der Waals surface area contributed by atoms with Gasteiger partial charge in [-0.25, -0.2) is 8.42 Å². The molecule has 1 unspecified atom stereocenters. The summed E-state index contributed by atoms with van der Waals surface area (Å²) in [6, 6.07) is 5.93. The topological polar surface area (TPSA) is 89.0 Å². The highest BCUT2D eigenvalue weighted by atomic mass is 127. The van der Waals surface area contributed by atoms with Crippen LogP contribution in [0.2, 0.25) is 0 Å². The van der Waals surface area contributed by atoms with Gasteiger partial charge in [0.1, 0.15) is 0 Å². The lowest BCUT2D eigenvalue weighted by molar-refractivity contribution is 0.310.